The number of rotatable bonds is 9. The lowest BCUT2D eigenvalue weighted by molar-refractivity contribution is -0.139. The fourth-order valence-electron chi connectivity index (χ4n) is 1.22. The summed E-state index contributed by atoms with van der Waals surface area (Å²) >= 11 is 0. The molecule has 0 saturated carbocycles. The van der Waals surface area contributed by atoms with Gasteiger partial charge in [0.25, 0.3) is 0 Å². The fraction of sp³-hybridized carbons (Fsp3) is 0.625. The Hall–Kier alpha value is -1.62. The van der Waals surface area contributed by atoms with Gasteiger partial charge in [-0.25, -0.2) is 9.59 Å². The normalized spacial score (nSPS) is 15.2. The highest BCUT2D eigenvalue weighted by Crippen LogP contribution is 2.09. The van der Waals surface area contributed by atoms with Gasteiger partial charge in [-0.3, -0.25) is 0 Å². The molecule has 0 radical (unpaired) electrons. The Morgan fingerprint density at radius 2 is 1.95 bits per heavy atom. The van der Waals surface area contributed by atoms with Gasteiger partial charge in [0.05, 0.1) is 13.2 Å². The number of ether oxygens (including phenoxy) is 3. The molecule has 1 rings (SSSR count). The van der Waals surface area contributed by atoms with Crippen LogP contribution in [0.2, 0.25) is 0 Å². The minimum absolute atomic E-state index is 0.142. The van der Waals surface area contributed by atoms with Gasteiger partial charge in [0.2, 0.25) is 0 Å². The van der Waals surface area contributed by atoms with E-state index in [1.165, 1.54) is 18.9 Å². The molecule has 5 nitrogen and oxygen atoms in total. The molecule has 1 aliphatic heterocycles. The smallest absolute Gasteiger partial charge is 0.333 e. The third-order valence-corrected chi connectivity index (χ3v) is 2.56. The molecule has 1 unspecified atom stereocenters. The predicted molar refractivity (Wildman–Crippen MR) is 80.8 cm³/mol. The lowest BCUT2D eigenvalue weighted by atomic mass is 10.2. The predicted octanol–water partition coefficient (Wildman–Crippen LogP) is 2.80. The van der Waals surface area contributed by atoms with Crippen LogP contribution in [0.25, 0.3) is 0 Å². The zero-order valence-electron chi connectivity index (χ0n) is 13.1. The fourth-order valence-corrected chi connectivity index (χ4v) is 1.22. The Kier molecular flexibility index (Phi) is 11.2. The van der Waals surface area contributed by atoms with Crippen molar-refractivity contribution >= 4 is 11.9 Å². The Labute approximate surface area is 126 Å². The molecule has 0 amide bonds. The van der Waals surface area contributed by atoms with E-state index in [4.69, 9.17) is 14.2 Å². The first-order chi connectivity index (χ1) is 10.0. The zero-order valence-corrected chi connectivity index (χ0v) is 13.1. The van der Waals surface area contributed by atoms with E-state index in [2.05, 4.69) is 20.1 Å². The summed E-state index contributed by atoms with van der Waals surface area (Å²) in [5.74, 6) is -0.656. The van der Waals surface area contributed by atoms with E-state index in [1.807, 2.05) is 0 Å². The number of hydrogen-bond acceptors (Lipinski definition) is 5. The van der Waals surface area contributed by atoms with Crippen LogP contribution in [0.3, 0.4) is 0 Å². The molecular weight excluding hydrogens is 272 g/mol. The molecular formula is C16H26O5. The maximum Gasteiger partial charge on any atom is 0.333 e. The van der Waals surface area contributed by atoms with Crippen LogP contribution in [0, 0.1) is 0 Å². The van der Waals surface area contributed by atoms with Gasteiger partial charge in [-0.15, -0.1) is 0 Å². The summed E-state index contributed by atoms with van der Waals surface area (Å²) < 4.78 is 14.4. The topological polar surface area (TPSA) is 65.1 Å². The minimum atomic E-state index is -0.337. The van der Waals surface area contributed by atoms with Crippen molar-refractivity contribution in [3.63, 3.8) is 0 Å². The van der Waals surface area contributed by atoms with Crippen molar-refractivity contribution in [3.05, 3.63) is 24.8 Å². The number of carbonyl (C=O) groups excluding carboxylic acids is 2. The second-order valence-corrected chi connectivity index (χ2v) is 4.77. The summed E-state index contributed by atoms with van der Waals surface area (Å²) in [6.45, 7) is 12.1. The molecule has 0 aliphatic carbocycles. The van der Waals surface area contributed by atoms with Crippen molar-refractivity contribution in [2.45, 2.75) is 45.6 Å². The Morgan fingerprint density at radius 3 is 2.43 bits per heavy atom. The zero-order chi connectivity index (χ0) is 16.1. The molecule has 0 aromatic rings. The van der Waals surface area contributed by atoms with Crippen molar-refractivity contribution in [1.29, 1.82) is 0 Å². The first kappa shape index (κ1) is 19.4. The van der Waals surface area contributed by atoms with Gasteiger partial charge in [0.15, 0.2) is 0 Å². The summed E-state index contributed by atoms with van der Waals surface area (Å²) in [5, 5.41) is 0. The highest BCUT2D eigenvalue weighted by atomic mass is 16.6. The van der Waals surface area contributed by atoms with E-state index in [0.717, 1.165) is 12.8 Å². The highest BCUT2D eigenvalue weighted by molar-refractivity contribution is 5.86. The van der Waals surface area contributed by atoms with Gasteiger partial charge in [-0.05, 0) is 13.3 Å². The number of unbranched alkanes of at least 4 members (excludes halogenated alkanes) is 3. The molecule has 0 aromatic carbocycles. The van der Waals surface area contributed by atoms with E-state index in [0.29, 0.717) is 25.4 Å². The summed E-state index contributed by atoms with van der Waals surface area (Å²) in [4.78, 5) is 21.2. The molecule has 0 aromatic heterocycles. The first-order valence-electron chi connectivity index (χ1n) is 7.24. The van der Waals surface area contributed by atoms with E-state index in [-0.39, 0.29) is 18.0 Å². The van der Waals surface area contributed by atoms with Crippen LogP contribution in [0.1, 0.15) is 39.5 Å². The van der Waals surface area contributed by atoms with Crippen LogP contribution in [0.5, 0.6) is 0 Å². The molecule has 1 heterocycles. The van der Waals surface area contributed by atoms with Crippen LogP contribution >= 0.6 is 0 Å². The van der Waals surface area contributed by atoms with Gasteiger partial charge in [-0.1, -0.05) is 39.3 Å². The standard InChI is InChI=1S/C9H16O2.C7H10O3/c1-3-5-6-7-8-11-9(10)4-2;1-5(2)7(8)10-4-6-3-9-6/h4H,2-3,5-8H2,1H3;6H,1,3-4H2,2H3. The second-order valence-electron chi connectivity index (χ2n) is 4.77. The van der Waals surface area contributed by atoms with Crippen molar-refractivity contribution in [2.24, 2.45) is 0 Å². The van der Waals surface area contributed by atoms with Crippen LogP contribution in [0.15, 0.2) is 24.8 Å². The first-order valence-corrected chi connectivity index (χ1v) is 7.24. The third-order valence-electron chi connectivity index (χ3n) is 2.56. The Morgan fingerprint density at radius 1 is 1.29 bits per heavy atom. The highest BCUT2D eigenvalue weighted by Gasteiger charge is 2.24. The molecule has 0 N–H and O–H groups in total. The van der Waals surface area contributed by atoms with Gasteiger partial charge in [0.1, 0.15) is 12.7 Å². The Bertz CT molecular complexity index is 345. The molecule has 1 atom stereocenters. The molecule has 1 fully saturated rings. The van der Waals surface area contributed by atoms with Crippen molar-refractivity contribution in [3.8, 4) is 0 Å². The molecule has 21 heavy (non-hydrogen) atoms. The SMILES string of the molecule is C=C(C)C(=O)OCC1CO1.C=CC(=O)OCCCCCC. The minimum Gasteiger partial charge on any atom is -0.463 e. The molecule has 120 valence electrons. The number of hydrogen-bond donors (Lipinski definition) is 0. The van der Waals surface area contributed by atoms with E-state index in [1.54, 1.807) is 6.92 Å². The monoisotopic (exact) mass is 298 g/mol. The largest absolute Gasteiger partial charge is 0.463 e. The van der Waals surface area contributed by atoms with Crippen LogP contribution in [0.4, 0.5) is 0 Å². The van der Waals surface area contributed by atoms with Gasteiger partial charge < -0.3 is 14.2 Å². The number of carbonyl (C=O) groups is 2. The quantitative estimate of drug-likeness (QED) is 0.283. The van der Waals surface area contributed by atoms with Crippen molar-refractivity contribution < 1.29 is 23.8 Å². The maximum atomic E-state index is 10.7. The maximum absolute atomic E-state index is 10.7. The van der Waals surface area contributed by atoms with Crippen molar-refractivity contribution in [2.75, 3.05) is 19.8 Å². The lowest BCUT2D eigenvalue weighted by Crippen LogP contribution is -2.09. The molecule has 1 saturated heterocycles. The van der Waals surface area contributed by atoms with Crippen LogP contribution in [-0.2, 0) is 23.8 Å². The number of epoxide rings is 1. The third kappa shape index (κ3) is 13.1. The van der Waals surface area contributed by atoms with Crippen LogP contribution in [-0.4, -0.2) is 37.9 Å². The van der Waals surface area contributed by atoms with E-state index in [9.17, 15) is 9.59 Å². The summed E-state index contributed by atoms with van der Waals surface area (Å²) in [6.07, 6.45) is 5.86. The van der Waals surface area contributed by atoms with E-state index >= 15 is 0 Å². The van der Waals surface area contributed by atoms with Gasteiger partial charge in [-0.2, -0.15) is 0 Å². The van der Waals surface area contributed by atoms with E-state index < -0.39 is 0 Å². The summed E-state index contributed by atoms with van der Waals surface area (Å²) in [5.41, 5.74) is 0.431. The molecule has 0 spiro atoms. The Balaban J connectivity index is 0.000000382. The molecule has 0 bridgehead atoms. The number of esters is 2. The second kappa shape index (κ2) is 12.1. The average molecular weight is 298 g/mol. The molecule has 1 aliphatic rings. The van der Waals surface area contributed by atoms with Gasteiger partial charge >= 0.3 is 11.9 Å². The summed E-state index contributed by atoms with van der Waals surface area (Å²) in [7, 11) is 0. The van der Waals surface area contributed by atoms with Crippen molar-refractivity contribution in [1.82, 2.24) is 0 Å². The van der Waals surface area contributed by atoms with Gasteiger partial charge in [0, 0.05) is 11.6 Å². The van der Waals surface area contributed by atoms with Crippen LogP contribution < -0.4 is 0 Å². The lowest BCUT2D eigenvalue weighted by Gasteiger charge is -1.99. The summed E-state index contributed by atoms with van der Waals surface area (Å²) in [6, 6.07) is 0. The average Bonchev–Trinajstić information content (AvgIpc) is 3.29. The molecule has 5 heteroatoms.